The summed E-state index contributed by atoms with van der Waals surface area (Å²) in [6, 6.07) is 2.89. The van der Waals surface area contributed by atoms with E-state index in [9.17, 15) is 9.59 Å². The van der Waals surface area contributed by atoms with Crippen molar-refractivity contribution in [2.45, 2.75) is 25.4 Å². The fourth-order valence-corrected chi connectivity index (χ4v) is 2.27. The van der Waals surface area contributed by atoms with Crippen molar-refractivity contribution in [3.8, 4) is 0 Å². The van der Waals surface area contributed by atoms with Gasteiger partial charge in [-0.3, -0.25) is 9.78 Å². The summed E-state index contributed by atoms with van der Waals surface area (Å²) in [5.74, 6) is -1.54. The highest BCUT2D eigenvalue weighted by molar-refractivity contribution is 6.03. The molecular weight excluding hydrogens is 260 g/mol. The number of carbonyl (C=O) groups is 2. The number of nitrogens with zero attached hydrogens (tertiary/aromatic N) is 2. The number of aromatic nitrogens is 1. The molecular formula is C14H18N2O4. The molecule has 0 spiro atoms. The predicted octanol–water partition coefficient (Wildman–Crippen LogP) is 1.42. The number of carbonyl (C=O) groups excluding carboxylic acids is 1. The van der Waals surface area contributed by atoms with Crippen molar-refractivity contribution in [1.29, 1.82) is 0 Å². The Kier molecular flexibility index (Phi) is 4.68. The van der Waals surface area contributed by atoms with Crippen LogP contribution in [-0.4, -0.2) is 53.2 Å². The smallest absolute Gasteiger partial charge is 0.338 e. The molecule has 0 radical (unpaired) electrons. The zero-order valence-electron chi connectivity index (χ0n) is 11.4. The molecule has 1 unspecified atom stereocenters. The summed E-state index contributed by atoms with van der Waals surface area (Å²) in [6.45, 7) is 1.17. The number of amides is 1. The largest absolute Gasteiger partial charge is 0.478 e. The van der Waals surface area contributed by atoms with Gasteiger partial charge in [0.15, 0.2) is 0 Å². The zero-order chi connectivity index (χ0) is 14.5. The molecule has 0 aromatic carbocycles. The highest BCUT2D eigenvalue weighted by atomic mass is 16.5. The van der Waals surface area contributed by atoms with Crippen LogP contribution in [0.2, 0.25) is 0 Å². The third kappa shape index (κ3) is 3.33. The maximum atomic E-state index is 12.3. The molecule has 6 heteroatoms. The highest BCUT2D eigenvalue weighted by Gasteiger charge is 2.24. The van der Waals surface area contributed by atoms with E-state index < -0.39 is 11.9 Å². The summed E-state index contributed by atoms with van der Waals surface area (Å²) in [6.07, 6.45) is 4.51. The quantitative estimate of drug-likeness (QED) is 0.901. The molecule has 0 saturated carbocycles. The molecule has 20 heavy (non-hydrogen) atoms. The minimum Gasteiger partial charge on any atom is -0.478 e. The second-order valence-electron chi connectivity index (χ2n) is 4.88. The molecule has 1 saturated heterocycles. The van der Waals surface area contributed by atoms with E-state index in [0.29, 0.717) is 6.54 Å². The number of aromatic carboxylic acids is 1. The first-order chi connectivity index (χ1) is 9.59. The van der Waals surface area contributed by atoms with Crippen molar-refractivity contribution < 1.29 is 19.4 Å². The van der Waals surface area contributed by atoms with Crippen LogP contribution >= 0.6 is 0 Å². The van der Waals surface area contributed by atoms with Crippen LogP contribution in [0.1, 0.15) is 40.1 Å². The number of carboxylic acids is 1. The molecule has 6 nitrogen and oxygen atoms in total. The molecule has 1 amide bonds. The first-order valence-electron chi connectivity index (χ1n) is 6.65. The predicted molar refractivity (Wildman–Crippen MR) is 71.7 cm³/mol. The summed E-state index contributed by atoms with van der Waals surface area (Å²) in [5.41, 5.74) is -0.104. The maximum absolute atomic E-state index is 12.3. The first kappa shape index (κ1) is 14.5. The van der Waals surface area contributed by atoms with Crippen LogP contribution in [0.5, 0.6) is 0 Å². The van der Waals surface area contributed by atoms with Gasteiger partial charge in [0.2, 0.25) is 0 Å². The van der Waals surface area contributed by atoms with Gasteiger partial charge >= 0.3 is 5.97 Å². The topological polar surface area (TPSA) is 79.7 Å². The van der Waals surface area contributed by atoms with Gasteiger partial charge in [-0.25, -0.2) is 4.79 Å². The van der Waals surface area contributed by atoms with Crippen molar-refractivity contribution in [1.82, 2.24) is 9.88 Å². The zero-order valence-corrected chi connectivity index (χ0v) is 11.4. The summed E-state index contributed by atoms with van der Waals surface area (Å²) in [4.78, 5) is 28.8. The second-order valence-corrected chi connectivity index (χ2v) is 4.88. The van der Waals surface area contributed by atoms with Crippen molar-refractivity contribution in [3.05, 3.63) is 29.6 Å². The van der Waals surface area contributed by atoms with Crippen LogP contribution in [0.15, 0.2) is 18.3 Å². The number of hydrogen-bond acceptors (Lipinski definition) is 4. The Labute approximate surface area is 117 Å². The van der Waals surface area contributed by atoms with Gasteiger partial charge in [-0.05, 0) is 31.4 Å². The number of hydrogen-bond donors (Lipinski definition) is 1. The number of rotatable bonds is 4. The lowest BCUT2D eigenvalue weighted by Crippen LogP contribution is -2.38. The van der Waals surface area contributed by atoms with Gasteiger partial charge in [-0.15, -0.1) is 0 Å². The molecule has 1 fully saturated rings. The Morgan fingerprint density at radius 3 is 2.95 bits per heavy atom. The van der Waals surface area contributed by atoms with Crippen LogP contribution < -0.4 is 0 Å². The van der Waals surface area contributed by atoms with Crippen molar-refractivity contribution in [2.24, 2.45) is 0 Å². The molecule has 108 valence electrons. The van der Waals surface area contributed by atoms with Crippen molar-refractivity contribution in [2.75, 3.05) is 20.2 Å². The van der Waals surface area contributed by atoms with Crippen LogP contribution in [-0.2, 0) is 4.74 Å². The lowest BCUT2D eigenvalue weighted by atomic mass is 10.1. The van der Waals surface area contributed by atoms with E-state index in [1.165, 1.54) is 23.2 Å². The van der Waals surface area contributed by atoms with Crippen LogP contribution in [0.3, 0.4) is 0 Å². The highest BCUT2D eigenvalue weighted by Crippen LogP contribution is 2.15. The third-order valence-electron chi connectivity index (χ3n) is 3.34. The van der Waals surface area contributed by atoms with E-state index in [4.69, 9.17) is 9.84 Å². The first-order valence-corrected chi connectivity index (χ1v) is 6.65. The molecule has 1 N–H and O–H groups in total. The summed E-state index contributed by atoms with van der Waals surface area (Å²) >= 11 is 0. The number of ether oxygens (including phenoxy) is 1. The van der Waals surface area contributed by atoms with Crippen molar-refractivity contribution >= 4 is 11.9 Å². The molecule has 1 aliphatic heterocycles. The number of carboxylic acid groups (broad SMARTS) is 1. The average Bonchev–Trinajstić information content (AvgIpc) is 2.47. The maximum Gasteiger partial charge on any atom is 0.338 e. The van der Waals surface area contributed by atoms with Gasteiger partial charge in [-0.1, -0.05) is 0 Å². The standard InChI is InChI=1S/C14H18N2O4/c1-16(9-10-5-2-3-8-20-10)13(17)12-11(14(18)19)6-4-7-15-12/h4,6-7,10H,2-3,5,8-9H2,1H3,(H,18,19). The SMILES string of the molecule is CN(CC1CCCCO1)C(=O)c1ncccc1C(=O)O. The summed E-state index contributed by atoms with van der Waals surface area (Å²) in [5, 5.41) is 9.08. The van der Waals surface area contributed by atoms with E-state index in [0.717, 1.165) is 25.9 Å². The number of likely N-dealkylation sites (N-methyl/N-ethyl adjacent to an activating group) is 1. The lowest BCUT2D eigenvalue weighted by molar-refractivity contribution is -0.000321. The molecule has 2 rings (SSSR count). The molecule has 1 atom stereocenters. The van der Waals surface area contributed by atoms with Gasteiger partial charge in [-0.2, -0.15) is 0 Å². The van der Waals surface area contributed by atoms with Crippen molar-refractivity contribution in [3.63, 3.8) is 0 Å². The molecule has 1 aliphatic rings. The van der Waals surface area contributed by atoms with Crippen LogP contribution in [0.25, 0.3) is 0 Å². The van der Waals surface area contributed by atoms with E-state index in [-0.39, 0.29) is 17.4 Å². The van der Waals surface area contributed by atoms with Gasteiger partial charge in [0.25, 0.3) is 5.91 Å². The monoisotopic (exact) mass is 278 g/mol. The van der Waals surface area contributed by atoms with E-state index in [1.807, 2.05) is 0 Å². The number of pyridine rings is 1. The van der Waals surface area contributed by atoms with Gasteiger partial charge < -0.3 is 14.7 Å². The second kappa shape index (κ2) is 6.47. The fraction of sp³-hybridized carbons (Fsp3) is 0.500. The minimum atomic E-state index is -1.15. The Hall–Kier alpha value is -1.95. The Balaban J connectivity index is 2.08. The molecule has 0 bridgehead atoms. The molecule has 1 aromatic heterocycles. The Bertz CT molecular complexity index is 498. The third-order valence-corrected chi connectivity index (χ3v) is 3.34. The van der Waals surface area contributed by atoms with Gasteiger partial charge in [0.05, 0.1) is 11.7 Å². The average molecular weight is 278 g/mol. The van der Waals surface area contributed by atoms with E-state index >= 15 is 0 Å². The van der Waals surface area contributed by atoms with E-state index in [2.05, 4.69) is 4.98 Å². The van der Waals surface area contributed by atoms with Gasteiger partial charge in [0, 0.05) is 26.4 Å². The van der Waals surface area contributed by atoms with Crippen LogP contribution in [0, 0.1) is 0 Å². The summed E-state index contributed by atoms with van der Waals surface area (Å²) < 4.78 is 5.58. The van der Waals surface area contributed by atoms with E-state index in [1.54, 1.807) is 7.05 Å². The molecule has 0 aliphatic carbocycles. The fourth-order valence-electron chi connectivity index (χ4n) is 2.27. The Morgan fingerprint density at radius 1 is 1.50 bits per heavy atom. The molecule has 2 heterocycles. The molecule has 1 aromatic rings. The normalized spacial score (nSPS) is 18.6. The van der Waals surface area contributed by atoms with Gasteiger partial charge in [0.1, 0.15) is 5.69 Å². The summed E-state index contributed by atoms with van der Waals surface area (Å²) in [7, 11) is 1.64. The minimum absolute atomic E-state index is 0.0229. The Morgan fingerprint density at radius 2 is 2.30 bits per heavy atom. The lowest BCUT2D eigenvalue weighted by Gasteiger charge is -2.27. The van der Waals surface area contributed by atoms with Crippen LogP contribution in [0.4, 0.5) is 0 Å².